The average Bonchev–Trinajstić information content (AvgIpc) is 3.68. The Morgan fingerprint density at radius 2 is 0.415 bits per heavy atom. The highest BCUT2D eigenvalue weighted by atomic mass is 16.5. The van der Waals surface area contributed by atoms with Crippen LogP contribution in [-0.2, 0) is 0 Å². The number of unbranched alkanes of at least 4 members (excludes halogenated alkanes) is 28. The van der Waals surface area contributed by atoms with Gasteiger partial charge in [-0.15, -0.1) is 0 Å². The van der Waals surface area contributed by atoms with Crippen molar-refractivity contribution in [2.24, 2.45) is 0 Å². The summed E-state index contributed by atoms with van der Waals surface area (Å²) in [4.78, 5) is 0. The average molecular weight is 1110 g/mol. The van der Waals surface area contributed by atoms with Gasteiger partial charge in [-0.1, -0.05) is 329 Å². The summed E-state index contributed by atoms with van der Waals surface area (Å²) in [5, 5.41) is 0. The summed E-state index contributed by atoms with van der Waals surface area (Å²) in [5.74, 6) is 3.68. The van der Waals surface area contributed by atoms with Crippen molar-refractivity contribution in [1.29, 1.82) is 0 Å². The van der Waals surface area contributed by atoms with Gasteiger partial charge >= 0.3 is 0 Å². The maximum Gasteiger partial charge on any atom is 0.127 e. The Hall–Kier alpha value is -5.74. The van der Waals surface area contributed by atoms with E-state index >= 15 is 0 Å². The first-order valence-electron chi connectivity index (χ1n) is 33.4. The van der Waals surface area contributed by atoms with Crippen LogP contribution in [0.1, 0.15) is 278 Å². The normalized spacial score (nSPS) is 11.8. The van der Waals surface area contributed by atoms with Crippen LogP contribution in [0.15, 0.2) is 109 Å². The van der Waals surface area contributed by atoms with Gasteiger partial charge in [0.2, 0.25) is 0 Å². The summed E-state index contributed by atoms with van der Waals surface area (Å²) in [7, 11) is 0. The van der Waals surface area contributed by atoms with Crippen LogP contribution in [0.4, 0.5) is 0 Å². The van der Waals surface area contributed by atoms with Crippen molar-refractivity contribution in [2.45, 2.75) is 233 Å². The third-order valence-electron chi connectivity index (χ3n) is 15.7. The molecule has 5 aromatic rings. The number of ether oxygens (including phenoxy) is 4. The van der Waals surface area contributed by atoms with E-state index in [9.17, 15) is 0 Å². The van der Waals surface area contributed by atoms with E-state index in [4.69, 9.17) is 18.9 Å². The standard InChI is InChI=1S/C78H110O4/c1-5-9-13-17-21-23-25-27-31-33-61-79-75-57-51-71(52-58-75)47-41-67-37-43-69(44-38-67)49-55-73-65-78(82-64-36-30-20-16-12-8-4)74(66-77(73)81-63-35-29-19-15-11-7-3)56-50-70-45-39-68(40-46-70)42-48-72-53-59-76(60-54-72)80-62-34-32-28-26-24-22-18-14-10-6-2/h37-60,65-66H,5-36,61-64H2,1-4H3/b47-41+,48-42+,55-49+,56-50+. The van der Waals surface area contributed by atoms with E-state index in [0.717, 1.165) is 106 Å². The summed E-state index contributed by atoms with van der Waals surface area (Å²) in [6.45, 7) is 12.1. The van der Waals surface area contributed by atoms with Gasteiger partial charge in [0.25, 0.3) is 0 Å². The second-order valence-corrected chi connectivity index (χ2v) is 23.0. The van der Waals surface area contributed by atoms with Gasteiger partial charge in [-0.3, -0.25) is 0 Å². The van der Waals surface area contributed by atoms with Crippen molar-refractivity contribution in [1.82, 2.24) is 0 Å². The van der Waals surface area contributed by atoms with Gasteiger partial charge in [0.05, 0.1) is 26.4 Å². The predicted molar refractivity (Wildman–Crippen MR) is 360 cm³/mol. The molecule has 0 aliphatic carbocycles. The predicted octanol–water partition coefficient (Wildman–Crippen LogP) is 24.4. The van der Waals surface area contributed by atoms with Crippen molar-refractivity contribution >= 4 is 48.6 Å². The smallest absolute Gasteiger partial charge is 0.127 e. The fourth-order valence-electron chi connectivity index (χ4n) is 10.3. The monoisotopic (exact) mass is 1110 g/mol. The van der Waals surface area contributed by atoms with E-state index in [0.29, 0.717) is 13.2 Å². The molecule has 0 fully saturated rings. The molecule has 0 spiro atoms. The molecule has 0 saturated heterocycles. The lowest BCUT2D eigenvalue weighted by Gasteiger charge is -2.15. The van der Waals surface area contributed by atoms with Gasteiger partial charge in [0.1, 0.15) is 23.0 Å². The molecule has 5 aromatic carbocycles. The Kier molecular flexibility index (Phi) is 36.6. The van der Waals surface area contributed by atoms with E-state index < -0.39 is 0 Å². The van der Waals surface area contributed by atoms with Crippen LogP contribution in [0.2, 0.25) is 0 Å². The highest BCUT2D eigenvalue weighted by Crippen LogP contribution is 2.33. The van der Waals surface area contributed by atoms with Crippen molar-refractivity contribution < 1.29 is 18.9 Å². The minimum atomic E-state index is 0.691. The zero-order chi connectivity index (χ0) is 57.6. The zero-order valence-corrected chi connectivity index (χ0v) is 52.1. The molecule has 5 rings (SSSR count). The molecular weight excluding hydrogens is 1000 g/mol. The topological polar surface area (TPSA) is 36.9 Å². The first kappa shape index (κ1) is 67.1. The van der Waals surface area contributed by atoms with Gasteiger partial charge in [-0.05, 0) is 95.5 Å². The van der Waals surface area contributed by atoms with Gasteiger partial charge < -0.3 is 18.9 Å². The maximum absolute atomic E-state index is 6.67. The minimum Gasteiger partial charge on any atom is -0.494 e. The molecule has 4 heteroatoms. The number of rotatable bonds is 48. The van der Waals surface area contributed by atoms with Crippen molar-refractivity contribution in [3.63, 3.8) is 0 Å². The fraction of sp³-hybridized carbons (Fsp3) is 0.513. The molecule has 0 aromatic heterocycles. The van der Waals surface area contributed by atoms with Gasteiger partial charge in [0.15, 0.2) is 0 Å². The highest BCUT2D eigenvalue weighted by molar-refractivity contribution is 5.80. The molecule has 446 valence electrons. The van der Waals surface area contributed by atoms with Crippen LogP contribution in [0.5, 0.6) is 23.0 Å². The first-order chi connectivity index (χ1) is 40.6. The van der Waals surface area contributed by atoms with E-state index in [2.05, 4.69) is 185 Å². The minimum absolute atomic E-state index is 0.691. The lowest BCUT2D eigenvalue weighted by molar-refractivity contribution is 0.295. The molecule has 0 bridgehead atoms. The van der Waals surface area contributed by atoms with Gasteiger partial charge in [-0.2, -0.15) is 0 Å². The Bertz CT molecular complexity index is 2280. The van der Waals surface area contributed by atoms with E-state index in [1.807, 2.05) is 0 Å². The van der Waals surface area contributed by atoms with Gasteiger partial charge in [0, 0.05) is 11.1 Å². The molecule has 0 saturated carbocycles. The first-order valence-corrected chi connectivity index (χ1v) is 33.4. The largest absolute Gasteiger partial charge is 0.494 e. The summed E-state index contributed by atoms with van der Waals surface area (Å²) < 4.78 is 25.5. The summed E-state index contributed by atoms with van der Waals surface area (Å²) >= 11 is 0. The van der Waals surface area contributed by atoms with E-state index in [1.54, 1.807) is 0 Å². The second-order valence-electron chi connectivity index (χ2n) is 23.0. The Morgan fingerprint density at radius 3 is 0.659 bits per heavy atom. The van der Waals surface area contributed by atoms with Crippen LogP contribution in [0.25, 0.3) is 48.6 Å². The highest BCUT2D eigenvalue weighted by Gasteiger charge is 2.11. The van der Waals surface area contributed by atoms with Crippen LogP contribution >= 0.6 is 0 Å². The number of benzene rings is 5. The van der Waals surface area contributed by atoms with Crippen molar-refractivity contribution in [3.8, 4) is 23.0 Å². The Balaban J connectivity index is 1.19. The summed E-state index contributed by atoms with van der Waals surface area (Å²) in [6.07, 6.45) is 58.9. The molecular formula is C78H110O4. The zero-order valence-electron chi connectivity index (χ0n) is 52.1. The molecule has 0 heterocycles. The molecule has 0 atom stereocenters. The SMILES string of the molecule is CCCCCCCCCCCCOc1ccc(/C=C/c2ccc(/C=C/c3cc(OCCCCCCCC)c(/C=C/c4ccc(/C=C/c5ccc(OCCCCCCCCCCCC)cc5)cc4)cc3OCCCCCCCC)cc2)cc1. The molecule has 4 nitrogen and oxygen atoms in total. The molecule has 0 aliphatic heterocycles. The summed E-state index contributed by atoms with van der Waals surface area (Å²) in [5.41, 5.74) is 8.99. The molecule has 0 amide bonds. The number of hydrogen-bond acceptors (Lipinski definition) is 4. The Labute approximate surface area is 501 Å². The second kappa shape index (κ2) is 44.8. The summed E-state index contributed by atoms with van der Waals surface area (Å²) in [6, 6.07) is 38.9. The van der Waals surface area contributed by atoms with Crippen molar-refractivity contribution in [3.05, 3.63) is 154 Å². The third-order valence-corrected chi connectivity index (χ3v) is 15.7. The lowest BCUT2D eigenvalue weighted by Crippen LogP contribution is -2.03. The fourth-order valence-corrected chi connectivity index (χ4v) is 10.3. The van der Waals surface area contributed by atoms with Crippen molar-refractivity contribution in [2.75, 3.05) is 26.4 Å². The van der Waals surface area contributed by atoms with E-state index in [1.165, 1.54) is 180 Å². The number of hydrogen-bond donors (Lipinski definition) is 0. The Morgan fingerprint density at radius 1 is 0.220 bits per heavy atom. The molecule has 82 heavy (non-hydrogen) atoms. The molecule has 0 N–H and O–H groups in total. The molecule has 0 radical (unpaired) electrons. The van der Waals surface area contributed by atoms with Crippen LogP contribution in [0, 0.1) is 0 Å². The quantitative estimate of drug-likeness (QED) is 0.0287. The van der Waals surface area contributed by atoms with Crippen LogP contribution in [0.3, 0.4) is 0 Å². The van der Waals surface area contributed by atoms with Gasteiger partial charge in [-0.25, -0.2) is 0 Å². The third kappa shape index (κ3) is 30.5. The van der Waals surface area contributed by atoms with E-state index in [-0.39, 0.29) is 0 Å². The molecule has 0 unspecified atom stereocenters. The lowest BCUT2D eigenvalue weighted by atomic mass is 10.0. The van der Waals surface area contributed by atoms with Crippen LogP contribution in [-0.4, -0.2) is 26.4 Å². The maximum atomic E-state index is 6.67. The molecule has 0 aliphatic rings. The van der Waals surface area contributed by atoms with Crippen LogP contribution < -0.4 is 18.9 Å².